The first-order valence-electron chi connectivity index (χ1n) is 8.54. The zero-order chi connectivity index (χ0) is 18.7. The molecule has 1 fully saturated rings. The SMILES string of the molecule is C=CCC1(CO)CC(Cc2ccc(-c3cc(Cl)ccc3F)cc2)NC1=O. The van der Waals surface area contributed by atoms with E-state index in [4.69, 9.17) is 11.6 Å². The van der Waals surface area contributed by atoms with Crippen LogP contribution in [-0.4, -0.2) is 23.7 Å². The lowest BCUT2D eigenvalue weighted by Gasteiger charge is -2.21. The van der Waals surface area contributed by atoms with Crippen molar-refractivity contribution < 1.29 is 14.3 Å². The van der Waals surface area contributed by atoms with E-state index < -0.39 is 5.41 Å². The third kappa shape index (κ3) is 3.67. The van der Waals surface area contributed by atoms with Crippen molar-refractivity contribution in [2.75, 3.05) is 6.61 Å². The van der Waals surface area contributed by atoms with Gasteiger partial charge in [0.2, 0.25) is 5.91 Å². The molecule has 0 bridgehead atoms. The molecule has 2 aromatic carbocycles. The van der Waals surface area contributed by atoms with E-state index >= 15 is 0 Å². The summed E-state index contributed by atoms with van der Waals surface area (Å²) in [7, 11) is 0. The molecule has 26 heavy (non-hydrogen) atoms. The molecule has 136 valence electrons. The molecule has 1 saturated heterocycles. The van der Waals surface area contributed by atoms with Gasteiger partial charge in [0.1, 0.15) is 5.82 Å². The summed E-state index contributed by atoms with van der Waals surface area (Å²) in [6.45, 7) is 3.50. The molecule has 0 spiro atoms. The number of carbonyl (C=O) groups excluding carboxylic acids is 1. The highest BCUT2D eigenvalue weighted by atomic mass is 35.5. The molecule has 1 amide bonds. The Morgan fingerprint density at radius 1 is 1.31 bits per heavy atom. The fourth-order valence-corrected chi connectivity index (χ4v) is 3.73. The van der Waals surface area contributed by atoms with Crippen LogP contribution in [0.3, 0.4) is 0 Å². The lowest BCUT2D eigenvalue weighted by molar-refractivity contribution is -0.129. The van der Waals surface area contributed by atoms with Crippen LogP contribution in [0.15, 0.2) is 55.1 Å². The average molecular weight is 374 g/mol. The van der Waals surface area contributed by atoms with E-state index in [2.05, 4.69) is 11.9 Å². The first-order valence-corrected chi connectivity index (χ1v) is 8.92. The molecule has 1 aliphatic heterocycles. The summed E-state index contributed by atoms with van der Waals surface area (Å²) in [4.78, 5) is 12.3. The Labute approximate surface area is 157 Å². The van der Waals surface area contributed by atoms with Crippen LogP contribution >= 0.6 is 11.6 Å². The van der Waals surface area contributed by atoms with Crippen LogP contribution in [0, 0.1) is 11.2 Å². The lowest BCUT2D eigenvalue weighted by atomic mass is 9.81. The van der Waals surface area contributed by atoms with Crippen molar-refractivity contribution in [1.82, 2.24) is 5.32 Å². The minimum atomic E-state index is -0.768. The second kappa shape index (κ2) is 7.60. The molecule has 2 unspecified atom stereocenters. The Morgan fingerprint density at radius 2 is 2.04 bits per heavy atom. The topological polar surface area (TPSA) is 49.3 Å². The number of hydrogen-bond acceptors (Lipinski definition) is 2. The Morgan fingerprint density at radius 3 is 2.69 bits per heavy atom. The van der Waals surface area contributed by atoms with Crippen molar-refractivity contribution in [3.05, 3.63) is 71.5 Å². The Bertz CT molecular complexity index is 821. The highest BCUT2D eigenvalue weighted by molar-refractivity contribution is 6.30. The van der Waals surface area contributed by atoms with Crippen LogP contribution in [0.1, 0.15) is 18.4 Å². The molecule has 0 aromatic heterocycles. The molecule has 0 saturated carbocycles. The summed E-state index contributed by atoms with van der Waals surface area (Å²) < 4.78 is 14.0. The lowest BCUT2D eigenvalue weighted by Crippen LogP contribution is -2.34. The summed E-state index contributed by atoms with van der Waals surface area (Å²) in [5.74, 6) is -0.440. The monoisotopic (exact) mass is 373 g/mol. The summed E-state index contributed by atoms with van der Waals surface area (Å²) in [5, 5.41) is 13.1. The maximum atomic E-state index is 14.0. The van der Waals surface area contributed by atoms with E-state index in [1.54, 1.807) is 12.1 Å². The standard InChI is InChI=1S/C21H21ClFNO2/c1-2-9-21(13-25)12-17(24-20(21)26)10-14-3-5-15(6-4-14)18-11-16(22)7-8-19(18)23/h2-8,11,17,25H,1,9-10,12-13H2,(H,24,26). The maximum absolute atomic E-state index is 14.0. The summed E-state index contributed by atoms with van der Waals surface area (Å²) in [6.07, 6.45) is 3.35. The van der Waals surface area contributed by atoms with E-state index in [0.717, 1.165) is 11.1 Å². The largest absolute Gasteiger partial charge is 0.395 e. The van der Waals surface area contributed by atoms with Gasteiger partial charge in [0.15, 0.2) is 0 Å². The Hall–Kier alpha value is -2.17. The van der Waals surface area contributed by atoms with Gasteiger partial charge in [-0.3, -0.25) is 4.79 Å². The number of aliphatic hydroxyl groups is 1. The summed E-state index contributed by atoms with van der Waals surface area (Å²) in [5.41, 5.74) is 1.48. The third-order valence-electron chi connectivity index (χ3n) is 4.97. The predicted molar refractivity (Wildman–Crippen MR) is 101 cm³/mol. The normalized spacial score (nSPS) is 22.3. The van der Waals surface area contributed by atoms with Crippen molar-refractivity contribution in [3.63, 3.8) is 0 Å². The van der Waals surface area contributed by atoms with Crippen molar-refractivity contribution >= 4 is 17.5 Å². The van der Waals surface area contributed by atoms with E-state index in [9.17, 15) is 14.3 Å². The molecular weight excluding hydrogens is 353 g/mol. The fourth-order valence-electron chi connectivity index (χ4n) is 3.55. The minimum absolute atomic E-state index is 0.0386. The van der Waals surface area contributed by atoms with E-state index in [1.807, 2.05) is 24.3 Å². The van der Waals surface area contributed by atoms with Crippen LogP contribution in [-0.2, 0) is 11.2 Å². The number of allylic oxidation sites excluding steroid dienone is 1. The Balaban J connectivity index is 1.73. The highest BCUT2D eigenvalue weighted by Gasteiger charge is 2.45. The van der Waals surface area contributed by atoms with Crippen LogP contribution in [0.2, 0.25) is 5.02 Å². The summed E-state index contributed by atoms with van der Waals surface area (Å²) >= 11 is 5.96. The number of benzene rings is 2. The number of aliphatic hydroxyl groups excluding tert-OH is 1. The van der Waals surface area contributed by atoms with Gasteiger partial charge in [-0.2, -0.15) is 0 Å². The predicted octanol–water partition coefficient (Wildman–Crippen LogP) is 4.13. The zero-order valence-electron chi connectivity index (χ0n) is 14.3. The first-order chi connectivity index (χ1) is 12.5. The number of carbonyl (C=O) groups is 1. The van der Waals surface area contributed by atoms with Gasteiger partial charge in [-0.05, 0) is 48.6 Å². The zero-order valence-corrected chi connectivity index (χ0v) is 15.1. The summed E-state index contributed by atoms with van der Waals surface area (Å²) in [6, 6.07) is 12.0. The van der Waals surface area contributed by atoms with E-state index in [-0.39, 0.29) is 24.4 Å². The van der Waals surface area contributed by atoms with Crippen LogP contribution in [0.25, 0.3) is 11.1 Å². The van der Waals surface area contributed by atoms with Crippen LogP contribution in [0.5, 0.6) is 0 Å². The molecule has 2 atom stereocenters. The number of hydrogen-bond donors (Lipinski definition) is 2. The molecule has 3 nitrogen and oxygen atoms in total. The Kier molecular flexibility index (Phi) is 5.44. The van der Waals surface area contributed by atoms with Crippen molar-refractivity contribution in [1.29, 1.82) is 0 Å². The fraction of sp³-hybridized carbons (Fsp3) is 0.286. The van der Waals surface area contributed by atoms with Gasteiger partial charge in [0.05, 0.1) is 12.0 Å². The van der Waals surface area contributed by atoms with Gasteiger partial charge in [0.25, 0.3) is 0 Å². The second-order valence-electron chi connectivity index (χ2n) is 6.83. The van der Waals surface area contributed by atoms with E-state index in [1.165, 1.54) is 12.1 Å². The maximum Gasteiger partial charge on any atom is 0.229 e. The first kappa shape index (κ1) is 18.6. The van der Waals surface area contributed by atoms with Gasteiger partial charge in [0, 0.05) is 16.6 Å². The van der Waals surface area contributed by atoms with Gasteiger partial charge in [-0.1, -0.05) is 41.9 Å². The minimum Gasteiger partial charge on any atom is -0.395 e. The van der Waals surface area contributed by atoms with E-state index in [0.29, 0.717) is 29.8 Å². The van der Waals surface area contributed by atoms with Gasteiger partial charge >= 0.3 is 0 Å². The number of rotatable bonds is 6. The van der Waals surface area contributed by atoms with Crippen LogP contribution < -0.4 is 5.32 Å². The smallest absolute Gasteiger partial charge is 0.229 e. The quantitative estimate of drug-likeness (QED) is 0.748. The molecule has 3 rings (SSSR count). The van der Waals surface area contributed by atoms with Gasteiger partial charge in [-0.15, -0.1) is 6.58 Å². The molecule has 0 aliphatic carbocycles. The number of amides is 1. The van der Waals surface area contributed by atoms with Crippen LogP contribution in [0.4, 0.5) is 4.39 Å². The number of nitrogens with one attached hydrogen (secondary N) is 1. The molecule has 1 heterocycles. The number of halogens is 2. The van der Waals surface area contributed by atoms with Gasteiger partial charge in [-0.25, -0.2) is 4.39 Å². The van der Waals surface area contributed by atoms with Crippen molar-refractivity contribution in [3.8, 4) is 11.1 Å². The second-order valence-corrected chi connectivity index (χ2v) is 7.27. The van der Waals surface area contributed by atoms with Gasteiger partial charge < -0.3 is 10.4 Å². The third-order valence-corrected chi connectivity index (χ3v) is 5.20. The molecule has 5 heteroatoms. The molecule has 1 aliphatic rings. The highest BCUT2D eigenvalue weighted by Crippen LogP contribution is 2.35. The van der Waals surface area contributed by atoms with Crippen molar-refractivity contribution in [2.24, 2.45) is 5.41 Å². The molecular formula is C21H21ClFNO2. The van der Waals surface area contributed by atoms with Crippen molar-refractivity contribution in [2.45, 2.75) is 25.3 Å². The average Bonchev–Trinajstić information content (AvgIpc) is 2.94. The molecule has 2 aromatic rings. The molecule has 2 N–H and O–H groups in total. The molecule has 0 radical (unpaired) electrons.